The summed E-state index contributed by atoms with van der Waals surface area (Å²) < 4.78 is 15.4. The minimum Gasteiger partial charge on any atom is -0.497 e. The highest BCUT2D eigenvalue weighted by atomic mass is 32.1. The van der Waals surface area contributed by atoms with Gasteiger partial charge in [0.1, 0.15) is 16.5 Å². The summed E-state index contributed by atoms with van der Waals surface area (Å²) in [5.41, 5.74) is 1.08. The van der Waals surface area contributed by atoms with Crippen LogP contribution in [0.15, 0.2) is 41.1 Å². The van der Waals surface area contributed by atoms with E-state index >= 15 is 0 Å². The first-order chi connectivity index (χ1) is 13.6. The smallest absolute Gasteiger partial charge is 0.312 e. The first-order valence-electron chi connectivity index (χ1n) is 8.25. The number of benzene rings is 1. The Kier molecular flexibility index (Phi) is 6.62. The first-order valence-corrected chi connectivity index (χ1v) is 10.0. The Balaban J connectivity index is 1.50. The van der Waals surface area contributed by atoms with E-state index in [2.05, 4.69) is 10.3 Å². The summed E-state index contributed by atoms with van der Waals surface area (Å²) in [7, 11) is 3.03. The van der Waals surface area contributed by atoms with Crippen LogP contribution >= 0.6 is 22.7 Å². The molecule has 0 spiro atoms. The standard InChI is InChI=1S/C19H18N2O5S2/c1-24-13-5-6-14(15(9-13)25-2)21-17(22)10-26-18(23)8-12-11-28-19(20-12)16-4-3-7-27-16/h3-7,9,11H,8,10H2,1-2H3,(H,21,22). The van der Waals surface area contributed by atoms with Crippen molar-refractivity contribution >= 4 is 40.2 Å². The highest BCUT2D eigenvalue weighted by molar-refractivity contribution is 7.20. The lowest BCUT2D eigenvalue weighted by molar-refractivity contribution is -0.146. The Morgan fingerprint density at radius 3 is 2.71 bits per heavy atom. The van der Waals surface area contributed by atoms with Gasteiger partial charge in [-0.2, -0.15) is 0 Å². The molecule has 0 aliphatic rings. The maximum absolute atomic E-state index is 12.1. The normalized spacial score (nSPS) is 10.4. The number of carbonyl (C=O) groups excluding carboxylic acids is 2. The lowest BCUT2D eigenvalue weighted by Gasteiger charge is -2.11. The summed E-state index contributed by atoms with van der Waals surface area (Å²) in [6.45, 7) is -0.393. The van der Waals surface area contributed by atoms with E-state index in [0.717, 1.165) is 9.88 Å². The van der Waals surface area contributed by atoms with Gasteiger partial charge in [0.05, 0.1) is 36.9 Å². The predicted molar refractivity (Wildman–Crippen MR) is 108 cm³/mol. The summed E-state index contributed by atoms with van der Waals surface area (Å²) in [5.74, 6) is 0.0725. The van der Waals surface area contributed by atoms with E-state index in [9.17, 15) is 9.59 Å². The van der Waals surface area contributed by atoms with Gasteiger partial charge in [-0.05, 0) is 23.6 Å². The van der Waals surface area contributed by atoms with Gasteiger partial charge in [-0.1, -0.05) is 6.07 Å². The van der Waals surface area contributed by atoms with Crippen molar-refractivity contribution in [1.82, 2.24) is 4.98 Å². The molecule has 0 atom stereocenters. The summed E-state index contributed by atoms with van der Waals surface area (Å²) in [6, 6.07) is 8.92. The predicted octanol–water partition coefficient (Wildman–Crippen LogP) is 3.61. The van der Waals surface area contributed by atoms with Crippen molar-refractivity contribution < 1.29 is 23.8 Å². The molecule has 0 aliphatic carbocycles. The second kappa shape index (κ2) is 9.34. The lowest BCUT2D eigenvalue weighted by Crippen LogP contribution is -2.22. The molecule has 1 N–H and O–H groups in total. The number of thiazole rings is 1. The Hall–Kier alpha value is -2.91. The van der Waals surface area contributed by atoms with E-state index in [-0.39, 0.29) is 6.42 Å². The van der Waals surface area contributed by atoms with E-state index in [4.69, 9.17) is 14.2 Å². The fraction of sp³-hybridized carbons (Fsp3) is 0.211. The number of rotatable bonds is 8. The molecule has 3 rings (SSSR count). The van der Waals surface area contributed by atoms with Gasteiger partial charge in [0, 0.05) is 11.4 Å². The van der Waals surface area contributed by atoms with Crippen molar-refractivity contribution in [3.05, 3.63) is 46.8 Å². The van der Waals surface area contributed by atoms with Gasteiger partial charge < -0.3 is 19.5 Å². The molecule has 0 radical (unpaired) electrons. The quantitative estimate of drug-likeness (QED) is 0.563. The van der Waals surface area contributed by atoms with Crippen LogP contribution in [0.5, 0.6) is 11.5 Å². The van der Waals surface area contributed by atoms with E-state index < -0.39 is 18.5 Å². The SMILES string of the molecule is COc1ccc(NC(=O)COC(=O)Cc2csc(-c3cccs3)n2)c(OC)c1. The number of esters is 1. The van der Waals surface area contributed by atoms with Crippen molar-refractivity contribution in [3.8, 4) is 21.4 Å². The summed E-state index contributed by atoms with van der Waals surface area (Å²) in [5, 5.41) is 7.30. The topological polar surface area (TPSA) is 86.8 Å². The molecule has 3 aromatic rings. The number of nitrogens with zero attached hydrogens (tertiary/aromatic N) is 1. The Morgan fingerprint density at radius 1 is 1.14 bits per heavy atom. The van der Waals surface area contributed by atoms with Gasteiger partial charge in [-0.3, -0.25) is 9.59 Å². The number of anilines is 1. The molecule has 146 valence electrons. The van der Waals surface area contributed by atoms with Crippen molar-refractivity contribution in [1.29, 1.82) is 0 Å². The molecule has 0 bridgehead atoms. The molecule has 0 aliphatic heterocycles. The highest BCUT2D eigenvalue weighted by Gasteiger charge is 2.14. The van der Waals surface area contributed by atoms with Gasteiger partial charge in [0.25, 0.3) is 5.91 Å². The number of carbonyl (C=O) groups is 2. The number of hydrogen-bond acceptors (Lipinski definition) is 8. The monoisotopic (exact) mass is 418 g/mol. The van der Waals surface area contributed by atoms with Crippen LogP contribution in [0, 0.1) is 0 Å². The van der Waals surface area contributed by atoms with E-state index in [1.165, 1.54) is 25.6 Å². The second-order valence-electron chi connectivity index (χ2n) is 5.57. The van der Waals surface area contributed by atoms with Crippen LogP contribution in [0.4, 0.5) is 5.69 Å². The summed E-state index contributed by atoms with van der Waals surface area (Å²) in [6.07, 6.45) is 0.0149. The van der Waals surface area contributed by atoms with Crippen LogP contribution in [-0.2, 0) is 20.7 Å². The Morgan fingerprint density at radius 2 is 2.00 bits per heavy atom. The molecule has 0 saturated heterocycles. The molecule has 28 heavy (non-hydrogen) atoms. The van der Waals surface area contributed by atoms with Gasteiger partial charge in [-0.25, -0.2) is 4.98 Å². The van der Waals surface area contributed by atoms with Gasteiger partial charge in [-0.15, -0.1) is 22.7 Å². The van der Waals surface area contributed by atoms with Crippen molar-refractivity contribution in [3.63, 3.8) is 0 Å². The number of hydrogen-bond donors (Lipinski definition) is 1. The molecule has 1 aromatic carbocycles. The highest BCUT2D eigenvalue weighted by Crippen LogP contribution is 2.29. The maximum atomic E-state index is 12.1. The number of amides is 1. The van der Waals surface area contributed by atoms with Crippen molar-refractivity contribution in [2.24, 2.45) is 0 Å². The van der Waals surface area contributed by atoms with E-state index in [1.54, 1.807) is 29.5 Å². The number of thiophene rings is 1. The fourth-order valence-corrected chi connectivity index (χ4v) is 3.97. The average Bonchev–Trinajstić information content (AvgIpc) is 3.38. The van der Waals surface area contributed by atoms with Crippen LogP contribution in [0.25, 0.3) is 9.88 Å². The molecule has 7 nitrogen and oxygen atoms in total. The lowest BCUT2D eigenvalue weighted by atomic mass is 10.2. The van der Waals surface area contributed by atoms with Gasteiger partial charge >= 0.3 is 5.97 Å². The third-order valence-corrected chi connectivity index (χ3v) is 5.59. The van der Waals surface area contributed by atoms with Crippen LogP contribution < -0.4 is 14.8 Å². The van der Waals surface area contributed by atoms with Crippen LogP contribution in [0.2, 0.25) is 0 Å². The molecule has 0 saturated carbocycles. The number of nitrogens with one attached hydrogen (secondary N) is 1. The average molecular weight is 418 g/mol. The molecule has 9 heteroatoms. The van der Waals surface area contributed by atoms with Gasteiger partial charge in [0.15, 0.2) is 6.61 Å². The molecule has 0 fully saturated rings. The zero-order valence-electron chi connectivity index (χ0n) is 15.3. The number of methoxy groups -OCH3 is 2. The third kappa shape index (κ3) is 5.08. The number of ether oxygens (including phenoxy) is 3. The zero-order valence-corrected chi connectivity index (χ0v) is 16.9. The van der Waals surface area contributed by atoms with Crippen LogP contribution in [-0.4, -0.2) is 37.7 Å². The van der Waals surface area contributed by atoms with Crippen molar-refractivity contribution in [2.45, 2.75) is 6.42 Å². The molecule has 0 unspecified atom stereocenters. The third-order valence-electron chi connectivity index (χ3n) is 3.66. The Labute approximate surface area is 169 Å². The largest absolute Gasteiger partial charge is 0.497 e. The zero-order chi connectivity index (χ0) is 19.9. The molecular formula is C19H18N2O5S2. The maximum Gasteiger partial charge on any atom is 0.312 e. The minimum absolute atomic E-state index is 0.0149. The molecule has 2 aromatic heterocycles. The summed E-state index contributed by atoms with van der Waals surface area (Å²) in [4.78, 5) is 29.5. The molecular weight excluding hydrogens is 400 g/mol. The van der Waals surface area contributed by atoms with Crippen LogP contribution in [0.1, 0.15) is 5.69 Å². The van der Waals surface area contributed by atoms with Crippen molar-refractivity contribution in [2.75, 3.05) is 26.1 Å². The van der Waals surface area contributed by atoms with E-state index in [0.29, 0.717) is 22.9 Å². The first kappa shape index (κ1) is 19.8. The minimum atomic E-state index is -0.514. The fourth-order valence-electron chi connectivity index (χ4n) is 2.33. The summed E-state index contributed by atoms with van der Waals surface area (Å²) >= 11 is 3.06. The van der Waals surface area contributed by atoms with Crippen LogP contribution in [0.3, 0.4) is 0 Å². The molecule has 2 heterocycles. The Bertz CT molecular complexity index is 953. The van der Waals surface area contributed by atoms with E-state index in [1.807, 2.05) is 22.9 Å². The second-order valence-corrected chi connectivity index (χ2v) is 7.38. The molecule has 1 amide bonds. The van der Waals surface area contributed by atoms with Gasteiger partial charge in [0.2, 0.25) is 0 Å². The number of aromatic nitrogens is 1.